The van der Waals surface area contributed by atoms with E-state index >= 15 is 0 Å². The van der Waals surface area contributed by atoms with E-state index in [0.29, 0.717) is 22.8 Å². The van der Waals surface area contributed by atoms with Gasteiger partial charge in [0.25, 0.3) is 5.91 Å². The molecule has 0 radical (unpaired) electrons. The molecule has 1 N–H and O–H groups in total. The molecule has 0 saturated heterocycles. The Morgan fingerprint density at radius 1 is 0.846 bits per heavy atom. The molecule has 7 heteroatoms. The van der Waals surface area contributed by atoms with E-state index in [9.17, 15) is 14.0 Å². The topological polar surface area (TPSA) is 67.2 Å². The maximum Gasteiger partial charge on any atom is 0.254 e. The van der Waals surface area contributed by atoms with Crippen molar-refractivity contribution in [2.24, 2.45) is 0 Å². The number of rotatable bonds is 8. The molecule has 5 aromatic rings. The third-order valence-electron chi connectivity index (χ3n) is 6.25. The van der Waals surface area contributed by atoms with Crippen molar-refractivity contribution in [3.63, 3.8) is 0 Å². The van der Waals surface area contributed by atoms with E-state index in [1.54, 1.807) is 35.0 Å². The Morgan fingerprint density at radius 3 is 2.15 bits per heavy atom. The van der Waals surface area contributed by atoms with Gasteiger partial charge in [0.2, 0.25) is 5.91 Å². The Bertz CT molecular complexity index is 1560. The summed E-state index contributed by atoms with van der Waals surface area (Å²) in [6.45, 7) is 2.06. The van der Waals surface area contributed by atoms with Crippen molar-refractivity contribution in [2.45, 2.75) is 13.5 Å². The predicted octanol–water partition coefficient (Wildman–Crippen LogP) is 6.27. The number of hydrogen-bond acceptors (Lipinski definition) is 3. The highest BCUT2D eigenvalue weighted by Gasteiger charge is 2.21. The number of benzene rings is 4. The van der Waals surface area contributed by atoms with Gasteiger partial charge in [-0.1, -0.05) is 78.4 Å². The molecule has 5 rings (SSSR count). The molecule has 0 saturated carbocycles. The van der Waals surface area contributed by atoms with E-state index in [0.717, 1.165) is 16.7 Å². The molecule has 0 spiro atoms. The summed E-state index contributed by atoms with van der Waals surface area (Å²) >= 11 is 0. The fourth-order valence-electron chi connectivity index (χ4n) is 4.24. The second-order valence-electron chi connectivity index (χ2n) is 9.23. The smallest absolute Gasteiger partial charge is 0.254 e. The van der Waals surface area contributed by atoms with Crippen molar-refractivity contribution in [2.75, 3.05) is 11.9 Å². The van der Waals surface area contributed by atoms with Crippen LogP contribution in [0.25, 0.3) is 16.9 Å². The van der Waals surface area contributed by atoms with Crippen LogP contribution in [-0.2, 0) is 11.3 Å². The van der Waals surface area contributed by atoms with Gasteiger partial charge in [-0.25, -0.2) is 9.07 Å². The lowest BCUT2D eigenvalue weighted by atomic mass is 10.1. The number of carbonyl (C=O) groups excluding carboxylic acids is 2. The maximum absolute atomic E-state index is 13.6. The highest BCUT2D eigenvalue weighted by atomic mass is 19.1. The van der Waals surface area contributed by atoms with Gasteiger partial charge >= 0.3 is 0 Å². The highest BCUT2D eigenvalue weighted by Crippen LogP contribution is 2.25. The summed E-state index contributed by atoms with van der Waals surface area (Å²) in [6.07, 6.45) is 0. The fraction of sp³-hybridized carbons (Fsp3) is 0.0938. The predicted molar refractivity (Wildman–Crippen MR) is 150 cm³/mol. The van der Waals surface area contributed by atoms with Crippen LogP contribution in [0.3, 0.4) is 0 Å². The Kier molecular flexibility index (Phi) is 7.59. The van der Waals surface area contributed by atoms with Crippen LogP contribution in [-0.4, -0.2) is 33.0 Å². The Balaban J connectivity index is 1.43. The number of aromatic nitrogens is 2. The third-order valence-corrected chi connectivity index (χ3v) is 6.25. The lowest BCUT2D eigenvalue weighted by Crippen LogP contribution is -2.37. The van der Waals surface area contributed by atoms with E-state index in [4.69, 9.17) is 0 Å². The number of aryl methyl sites for hydroxylation is 1. The standard InChI is InChI=1S/C32H27FN4O2/c1-23-12-14-26(15-13-23)32(39)36(21-24-8-4-2-5-9-24)22-31(38)34-30-20-29(25-10-6-3-7-11-25)35-37(30)28-18-16-27(33)17-19-28/h2-20H,21-22H2,1H3,(H,34,38). The fourth-order valence-corrected chi connectivity index (χ4v) is 4.24. The molecular formula is C32H27FN4O2. The van der Waals surface area contributed by atoms with Crippen molar-refractivity contribution >= 4 is 17.6 Å². The molecule has 0 atom stereocenters. The Labute approximate surface area is 226 Å². The van der Waals surface area contributed by atoms with Crippen LogP contribution in [0.1, 0.15) is 21.5 Å². The molecule has 2 amide bonds. The molecule has 0 fully saturated rings. The molecular weight excluding hydrogens is 491 g/mol. The summed E-state index contributed by atoms with van der Waals surface area (Å²) in [7, 11) is 0. The SMILES string of the molecule is Cc1ccc(C(=O)N(CC(=O)Nc2cc(-c3ccccc3)nn2-c2ccc(F)cc2)Cc2ccccc2)cc1. The molecule has 0 bridgehead atoms. The van der Waals surface area contributed by atoms with Crippen LogP contribution in [0.4, 0.5) is 10.2 Å². The molecule has 0 unspecified atom stereocenters. The van der Waals surface area contributed by atoms with Gasteiger partial charge in [-0.15, -0.1) is 0 Å². The van der Waals surface area contributed by atoms with Gasteiger partial charge in [0, 0.05) is 23.7 Å². The van der Waals surface area contributed by atoms with Gasteiger partial charge in [-0.3, -0.25) is 9.59 Å². The lowest BCUT2D eigenvalue weighted by Gasteiger charge is -2.23. The third kappa shape index (κ3) is 6.27. The second-order valence-corrected chi connectivity index (χ2v) is 9.23. The molecule has 0 aliphatic carbocycles. The number of halogens is 1. The van der Waals surface area contributed by atoms with Crippen molar-refractivity contribution in [1.29, 1.82) is 0 Å². The zero-order valence-electron chi connectivity index (χ0n) is 21.4. The quantitative estimate of drug-likeness (QED) is 0.263. The van der Waals surface area contributed by atoms with Crippen molar-refractivity contribution in [3.05, 3.63) is 138 Å². The first kappa shape index (κ1) is 25.6. The zero-order valence-corrected chi connectivity index (χ0v) is 21.4. The molecule has 1 heterocycles. The van der Waals surface area contributed by atoms with Crippen LogP contribution in [0.5, 0.6) is 0 Å². The van der Waals surface area contributed by atoms with Crippen molar-refractivity contribution in [3.8, 4) is 16.9 Å². The number of anilines is 1. The summed E-state index contributed by atoms with van der Waals surface area (Å²) in [4.78, 5) is 28.4. The Morgan fingerprint density at radius 2 is 1.49 bits per heavy atom. The number of nitrogens with zero attached hydrogens (tertiary/aromatic N) is 3. The second kappa shape index (κ2) is 11.6. The highest BCUT2D eigenvalue weighted by molar-refractivity contribution is 5.99. The Hall–Kier alpha value is -5.04. The van der Waals surface area contributed by atoms with Crippen LogP contribution < -0.4 is 5.32 Å². The summed E-state index contributed by atoms with van der Waals surface area (Å²) < 4.78 is 15.2. The minimum absolute atomic E-state index is 0.170. The minimum Gasteiger partial charge on any atom is -0.325 e. The molecule has 6 nitrogen and oxygen atoms in total. The van der Waals surface area contributed by atoms with E-state index in [1.807, 2.05) is 79.7 Å². The van der Waals surface area contributed by atoms with Crippen LogP contribution >= 0.6 is 0 Å². The first-order valence-corrected chi connectivity index (χ1v) is 12.6. The van der Waals surface area contributed by atoms with Gasteiger partial charge in [-0.05, 0) is 48.9 Å². The first-order valence-electron chi connectivity index (χ1n) is 12.6. The van der Waals surface area contributed by atoms with Gasteiger partial charge in [0.05, 0.1) is 11.4 Å². The number of amides is 2. The average Bonchev–Trinajstić information content (AvgIpc) is 3.37. The molecule has 1 aromatic heterocycles. The molecule has 194 valence electrons. The summed E-state index contributed by atoms with van der Waals surface area (Å²) in [5, 5.41) is 7.59. The van der Waals surface area contributed by atoms with Crippen LogP contribution in [0, 0.1) is 12.7 Å². The van der Waals surface area contributed by atoms with Gasteiger partial charge < -0.3 is 10.2 Å². The molecule has 0 aliphatic rings. The molecule has 4 aromatic carbocycles. The largest absolute Gasteiger partial charge is 0.325 e. The van der Waals surface area contributed by atoms with E-state index < -0.39 is 0 Å². The summed E-state index contributed by atoms with van der Waals surface area (Å²) in [6, 6.07) is 34.0. The van der Waals surface area contributed by atoms with E-state index in [-0.39, 0.29) is 30.7 Å². The van der Waals surface area contributed by atoms with Gasteiger partial charge in [0.15, 0.2) is 0 Å². The zero-order chi connectivity index (χ0) is 27.2. The molecule has 0 aliphatic heterocycles. The normalized spacial score (nSPS) is 10.7. The monoisotopic (exact) mass is 518 g/mol. The minimum atomic E-state index is -0.380. The van der Waals surface area contributed by atoms with E-state index in [1.165, 1.54) is 17.0 Å². The number of nitrogens with one attached hydrogen (secondary N) is 1. The van der Waals surface area contributed by atoms with Crippen LogP contribution in [0.15, 0.2) is 115 Å². The molecule has 39 heavy (non-hydrogen) atoms. The average molecular weight is 519 g/mol. The summed E-state index contributed by atoms with van der Waals surface area (Å²) in [5.74, 6) is -0.584. The van der Waals surface area contributed by atoms with Gasteiger partial charge in [-0.2, -0.15) is 5.10 Å². The van der Waals surface area contributed by atoms with Crippen molar-refractivity contribution in [1.82, 2.24) is 14.7 Å². The first-order chi connectivity index (χ1) is 19.0. The lowest BCUT2D eigenvalue weighted by molar-refractivity contribution is -0.117. The number of carbonyl (C=O) groups is 2. The van der Waals surface area contributed by atoms with Gasteiger partial charge in [0.1, 0.15) is 18.2 Å². The number of hydrogen-bond donors (Lipinski definition) is 1. The van der Waals surface area contributed by atoms with Crippen molar-refractivity contribution < 1.29 is 14.0 Å². The van der Waals surface area contributed by atoms with E-state index in [2.05, 4.69) is 10.4 Å². The maximum atomic E-state index is 13.6. The summed E-state index contributed by atoms with van der Waals surface area (Å²) in [5.41, 5.74) is 4.56. The van der Waals surface area contributed by atoms with Crippen LogP contribution in [0.2, 0.25) is 0 Å².